The number of nitrogens with one attached hydrogen (secondary N) is 1. The second-order valence-electron chi connectivity index (χ2n) is 7.18. The Morgan fingerprint density at radius 1 is 1.00 bits per heavy atom. The molecule has 0 radical (unpaired) electrons. The van der Waals surface area contributed by atoms with Gasteiger partial charge in [-0.05, 0) is 24.3 Å². The van der Waals surface area contributed by atoms with Crippen LogP contribution in [-0.2, 0) is 11.3 Å². The molecule has 0 spiro atoms. The molecule has 4 rings (SSSR count). The first-order chi connectivity index (χ1) is 16.0. The number of anilines is 1. The van der Waals surface area contributed by atoms with Crippen LogP contribution in [0, 0.1) is 10.1 Å². The number of benzene rings is 3. The van der Waals surface area contributed by atoms with E-state index in [1.54, 1.807) is 25.4 Å². The first-order valence-corrected chi connectivity index (χ1v) is 10.1. The first-order valence-electron chi connectivity index (χ1n) is 10.1. The highest BCUT2D eigenvalue weighted by Gasteiger charge is 2.22. The Labute approximate surface area is 189 Å². The van der Waals surface area contributed by atoms with E-state index in [0.29, 0.717) is 0 Å². The van der Waals surface area contributed by atoms with Gasteiger partial charge in [0.15, 0.2) is 5.78 Å². The summed E-state index contributed by atoms with van der Waals surface area (Å²) in [6.45, 7) is -0.0158. The smallest absolute Gasteiger partial charge is 0.339 e. The number of ketones is 1. The number of hydrogen-bond donors (Lipinski definition) is 1. The van der Waals surface area contributed by atoms with Crippen LogP contribution in [0.5, 0.6) is 0 Å². The van der Waals surface area contributed by atoms with Crippen molar-refractivity contribution < 1.29 is 19.2 Å². The zero-order valence-corrected chi connectivity index (χ0v) is 17.6. The van der Waals surface area contributed by atoms with Gasteiger partial charge in [0.2, 0.25) is 0 Å². The molecule has 1 aromatic heterocycles. The van der Waals surface area contributed by atoms with Crippen LogP contribution in [0.25, 0.3) is 10.9 Å². The number of nitrogens with zero attached hydrogens (tertiary/aromatic N) is 2. The van der Waals surface area contributed by atoms with Gasteiger partial charge in [0.05, 0.1) is 16.0 Å². The van der Waals surface area contributed by atoms with Gasteiger partial charge in [0, 0.05) is 41.4 Å². The summed E-state index contributed by atoms with van der Waals surface area (Å²) in [4.78, 5) is 41.1. The number of rotatable bonds is 7. The molecule has 33 heavy (non-hydrogen) atoms. The van der Waals surface area contributed by atoms with Crippen molar-refractivity contribution in [1.82, 2.24) is 4.98 Å². The third-order valence-corrected chi connectivity index (χ3v) is 5.19. The molecule has 164 valence electrons. The van der Waals surface area contributed by atoms with E-state index >= 15 is 0 Å². The molecule has 0 aliphatic heterocycles. The molecule has 0 fully saturated rings. The van der Waals surface area contributed by atoms with Gasteiger partial charge in [-0.3, -0.25) is 19.9 Å². The van der Waals surface area contributed by atoms with Crippen molar-refractivity contribution in [3.05, 3.63) is 111 Å². The zero-order valence-electron chi connectivity index (χ0n) is 17.6. The summed E-state index contributed by atoms with van der Waals surface area (Å²) in [6.07, 6.45) is 1.67. The van der Waals surface area contributed by atoms with Crippen LogP contribution in [0.4, 0.5) is 11.4 Å². The summed E-state index contributed by atoms with van der Waals surface area (Å²) in [5.41, 5.74) is 1.80. The fourth-order valence-corrected chi connectivity index (χ4v) is 3.55. The van der Waals surface area contributed by atoms with E-state index in [9.17, 15) is 19.7 Å². The number of nitro benzene ring substituents is 1. The van der Waals surface area contributed by atoms with E-state index in [1.807, 2.05) is 30.3 Å². The molecule has 0 atom stereocenters. The lowest BCUT2D eigenvalue weighted by molar-refractivity contribution is -0.384. The molecule has 8 nitrogen and oxygen atoms in total. The normalized spacial score (nSPS) is 10.6. The van der Waals surface area contributed by atoms with E-state index in [-0.39, 0.29) is 34.7 Å². The van der Waals surface area contributed by atoms with Gasteiger partial charge in [-0.25, -0.2) is 4.79 Å². The van der Waals surface area contributed by atoms with Gasteiger partial charge in [-0.2, -0.15) is 0 Å². The minimum atomic E-state index is -0.673. The van der Waals surface area contributed by atoms with E-state index in [2.05, 4.69) is 10.3 Å². The highest BCUT2D eigenvalue weighted by molar-refractivity contribution is 6.15. The largest absolute Gasteiger partial charge is 0.457 e. The molecule has 4 aromatic rings. The van der Waals surface area contributed by atoms with Gasteiger partial charge in [0.1, 0.15) is 12.3 Å². The summed E-state index contributed by atoms with van der Waals surface area (Å²) in [5.74, 6) is -1.19. The number of ether oxygens (including phenoxy) is 1. The van der Waals surface area contributed by atoms with Crippen LogP contribution < -0.4 is 5.32 Å². The maximum atomic E-state index is 13.1. The molecular weight excluding hydrogens is 422 g/mol. The topological polar surface area (TPSA) is 111 Å². The number of pyridine rings is 1. The maximum Gasteiger partial charge on any atom is 0.339 e. The molecule has 0 amide bonds. The van der Waals surface area contributed by atoms with E-state index < -0.39 is 16.7 Å². The third-order valence-electron chi connectivity index (χ3n) is 5.19. The van der Waals surface area contributed by atoms with Crippen LogP contribution in [0.15, 0.2) is 79.0 Å². The molecule has 0 saturated heterocycles. The highest BCUT2D eigenvalue weighted by Crippen LogP contribution is 2.27. The molecule has 0 unspecified atom stereocenters. The molecule has 1 N–H and O–H groups in total. The van der Waals surface area contributed by atoms with Crippen molar-refractivity contribution in [1.29, 1.82) is 0 Å². The predicted octanol–water partition coefficient (Wildman–Crippen LogP) is 4.77. The second kappa shape index (κ2) is 9.27. The summed E-state index contributed by atoms with van der Waals surface area (Å²) >= 11 is 0. The number of fused-ring (bicyclic) bond motifs is 1. The van der Waals surface area contributed by atoms with Gasteiger partial charge >= 0.3 is 5.97 Å². The van der Waals surface area contributed by atoms with Gasteiger partial charge in [-0.1, -0.05) is 42.5 Å². The lowest BCUT2D eigenvalue weighted by Gasteiger charge is -2.11. The lowest BCUT2D eigenvalue weighted by Crippen LogP contribution is -2.13. The average molecular weight is 441 g/mol. The third kappa shape index (κ3) is 4.40. The average Bonchev–Trinajstić information content (AvgIpc) is 2.86. The SMILES string of the molecule is CNc1ccc(C(=O)c2ccccc2C(=O)OCc2cccc3cccnc23)cc1[N+](=O)[O-]. The van der Waals surface area contributed by atoms with E-state index in [4.69, 9.17) is 4.74 Å². The number of esters is 1. The standard InChI is InChI=1S/C25H19N3O5/c1-26-21-12-11-17(14-22(21)28(31)32)24(29)19-9-2-3-10-20(19)25(30)33-15-18-7-4-6-16-8-5-13-27-23(16)18/h2-14,26H,15H2,1H3. The van der Waals surface area contributed by atoms with Crippen molar-refractivity contribution in [2.45, 2.75) is 6.61 Å². The lowest BCUT2D eigenvalue weighted by atomic mass is 9.97. The van der Waals surface area contributed by atoms with Crippen molar-refractivity contribution >= 4 is 34.0 Å². The van der Waals surface area contributed by atoms with Gasteiger partial charge in [0.25, 0.3) is 5.69 Å². The Morgan fingerprint density at radius 3 is 2.52 bits per heavy atom. The Morgan fingerprint density at radius 2 is 1.76 bits per heavy atom. The number of aromatic nitrogens is 1. The highest BCUT2D eigenvalue weighted by atomic mass is 16.6. The second-order valence-corrected chi connectivity index (χ2v) is 7.18. The van der Waals surface area contributed by atoms with Gasteiger partial charge in [-0.15, -0.1) is 0 Å². The Kier molecular flexibility index (Phi) is 6.08. The molecule has 0 aliphatic carbocycles. The number of carbonyl (C=O) groups excluding carboxylic acids is 2. The zero-order chi connectivity index (χ0) is 23.4. The van der Waals surface area contributed by atoms with Crippen molar-refractivity contribution in [3.63, 3.8) is 0 Å². The maximum absolute atomic E-state index is 13.1. The van der Waals surface area contributed by atoms with Crippen LogP contribution >= 0.6 is 0 Å². The quantitative estimate of drug-likeness (QED) is 0.190. The number of hydrogen-bond acceptors (Lipinski definition) is 7. The molecule has 8 heteroatoms. The fraction of sp³-hybridized carbons (Fsp3) is 0.0800. The summed E-state index contributed by atoms with van der Waals surface area (Å²) in [7, 11) is 1.56. The van der Waals surface area contributed by atoms with Crippen molar-refractivity contribution in [2.75, 3.05) is 12.4 Å². The summed E-state index contributed by atoms with van der Waals surface area (Å²) in [6, 6.07) is 19.7. The van der Waals surface area contributed by atoms with Crippen molar-refractivity contribution in [3.8, 4) is 0 Å². The monoisotopic (exact) mass is 441 g/mol. The number of para-hydroxylation sites is 1. The Bertz CT molecular complexity index is 1380. The Hall–Kier alpha value is -4.59. The number of carbonyl (C=O) groups is 2. The van der Waals surface area contributed by atoms with Crippen LogP contribution in [0.1, 0.15) is 31.8 Å². The molecule has 3 aromatic carbocycles. The fourth-order valence-electron chi connectivity index (χ4n) is 3.55. The van der Waals surface area contributed by atoms with Crippen molar-refractivity contribution in [2.24, 2.45) is 0 Å². The minimum Gasteiger partial charge on any atom is -0.457 e. The number of nitro groups is 1. The summed E-state index contributed by atoms with van der Waals surface area (Å²) in [5, 5.41) is 15.0. The molecule has 0 aliphatic rings. The molecule has 1 heterocycles. The van der Waals surface area contributed by atoms with E-state index in [1.165, 1.54) is 30.3 Å². The predicted molar refractivity (Wildman–Crippen MR) is 123 cm³/mol. The molecule has 0 bridgehead atoms. The molecular formula is C25H19N3O5. The molecule has 0 saturated carbocycles. The summed E-state index contributed by atoms with van der Waals surface area (Å²) < 4.78 is 5.50. The van der Waals surface area contributed by atoms with Crippen LogP contribution in [-0.4, -0.2) is 28.7 Å². The van der Waals surface area contributed by atoms with Crippen LogP contribution in [0.3, 0.4) is 0 Å². The first kappa shape index (κ1) is 21.6. The van der Waals surface area contributed by atoms with E-state index in [0.717, 1.165) is 16.5 Å². The Balaban J connectivity index is 1.61. The minimum absolute atomic E-state index is 0.0158. The van der Waals surface area contributed by atoms with Crippen LogP contribution in [0.2, 0.25) is 0 Å². The van der Waals surface area contributed by atoms with Gasteiger partial charge < -0.3 is 10.1 Å².